The molecule has 0 spiro atoms. The number of hydrogen-bond acceptors (Lipinski definition) is 5. The predicted octanol–water partition coefficient (Wildman–Crippen LogP) is 0.766. The van der Waals surface area contributed by atoms with E-state index in [9.17, 15) is 4.79 Å². The molecule has 4 fully saturated rings. The Morgan fingerprint density at radius 2 is 1.95 bits per heavy atom. The molecule has 0 aromatic carbocycles. The molecule has 110 valence electrons. The summed E-state index contributed by atoms with van der Waals surface area (Å²) in [6.07, 6.45) is -1.20. The van der Waals surface area contributed by atoms with Gasteiger partial charge in [0.2, 0.25) is 0 Å². The van der Waals surface area contributed by atoms with Crippen molar-refractivity contribution in [1.29, 1.82) is 0 Å². The lowest BCUT2D eigenvalue weighted by Gasteiger charge is -2.49. The number of rotatable bonds is 0. The minimum absolute atomic E-state index is 0.0521. The van der Waals surface area contributed by atoms with Crippen molar-refractivity contribution in [1.82, 2.24) is 4.90 Å². The Morgan fingerprint density at radius 1 is 1.20 bits per heavy atom. The van der Waals surface area contributed by atoms with E-state index >= 15 is 0 Å². The first-order chi connectivity index (χ1) is 9.37. The summed E-state index contributed by atoms with van der Waals surface area (Å²) in [4.78, 5) is 13.8. The van der Waals surface area contributed by atoms with E-state index in [2.05, 4.69) is 0 Å². The molecule has 0 aromatic heterocycles. The van der Waals surface area contributed by atoms with Gasteiger partial charge in [0.15, 0.2) is 18.3 Å². The Kier molecular flexibility index (Phi) is 2.44. The molecule has 4 aliphatic heterocycles. The third kappa shape index (κ3) is 1.56. The van der Waals surface area contributed by atoms with Gasteiger partial charge in [-0.15, -0.1) is 0 Å². The third-order valence-electron chi connectivity index (χ3n) is 4.31. The number of nitrogens with zero attached hydrogens (tertiary/aromatic N) is 1. The van der Waals surface area contributed by atoms with Gasteiger partial charge < -0.3 is 23.8 Å². The summed E-state index contributed by atoms with van der Waals surface area (Å²) in [5.74, 6) is -0.591. The van der Waals surface area contributed by atoms with Crippen LogP contribution in [0.1, 0.15) is 27.7 Å². The topological polar surface area (TPSA) is 57.2 Å². The van der Waals surface area contributed by atoms with Gasteiger partial charge in [-0.25, -0.2) is 0 Å². The lowest BCUT2D eigenvalue weighted by atomic mass is 9.94. The van der Waals surface area contributed by atoms with Gasteiger partial charge in [0.1, 0.15) is 18.3 Å². The van der Waals surface area contributed by atoms with E-state index in [4.69, 9.17) is 18.9 Å². The summed E-state index contributed by atoms with van der Waals surface area (Å²) in [5.41, 5.74) is 1.78. The number of ether oxygens (including phenoxy) is 4. The fraction of sp³-hybridized carbons (Fsp3) is 0.786. The molecular formula is C14H19NO5. The second-order valence-electron chi connectivity index (χ2n) is 6.47. The van der Waals surface area contributed by atoms with E-state index in [0.717, 1.165) is 11.1 Å². The zero-order valence-electron chi connectivity index (χ0n) is 12.1. The molecule has 0 saturated carbocycles. The van der Waals surface area contributed by atoms with Crippen LogP contribution in [-0.2, 0) is 23.7 Å². The second-order valence-corrected chi connectivity index (χ2v) is 6.47. The molecule has 20 heavy (non-hydrogen) atoms. The molecule has 4 heterocycles. The van der Waals surface area contributed by atoms with Crippen LogP contribution in [0.3, 0.4) is 0 Å². The van der Waals surface area contributed by atoms with Crippen LogP contribution in [0, 0.1) is 0 Å². The highest BCUT2D eigenvalue weighted by atomic mass is 16.8. The highest BCUT2D eigenvalue weighted by Gasteiger charge is 2.61. The van der Waals surface area contributed by atoms with Crippen molar-refractivity contribution in [2.24, 2.45) is 0 Å². The van der Waals surface area contributed by atoms with E-state index in [0.29, 0.717) is 6.54 Å². The molecule has 4 aliphatic rings. The highest BCUT2D eigenvalue weighted by Crippen LogP contribution is 2.44. The Balaban J connectivity index is 1.58. The molecule has 0 radical (unpaired) electrons. The average molecular weight is 281 g/mol. The Hall–Kier alpha value is -0.950. The summed E-state index contributed by atoms with van der Waals surface area (Å²) < 4.78 is 23.5. The minimum atomic E-state index is -0.643. The summed E-state index contributed by atoms with van der Waals surface area (Å²) in [5, 5.41) is 0. The molecule has 1 amide bonds. The van der Waals surface area contributed by atoms with Gasteiger partial charge in [-0.05, 0) is 27.7 Å². The fourth-order valence-electron chi connectivity index (χ4n) is 3.44. The van der Waals surface area contributed by atoms with E-state index in [1.54, 1.807) is 4.90 Å². The number of hydrogen-bond donors (Lipinski definition) is 0. The van der Waals surface area contributed by atoms with Crippen molar-refractivity contribution < 1.29 is 23.7 Å². The van der Waals surface area contributed by atoms with Crippen LogP contribution in [0.4, 0.5) is 0 Å². The SMILES string of the molecule is CC(C)=C1C(=O)N2C[C@H]3O[C@@H]4OC(C)(C)O[C@@H]4[C@H]3O[C@@H]12. The van der Waals surface area contributed by atoms with Gasteiger partial charge in [-0.2, -0.15) is 0 Å². The third-order valence-corrected chi connectivity index (χ3v) is 4.31. The van der Waals surface area contributed by atoms with E-state index in [1.165, 1.54) is 0 Å². The lowest BCUT2D eigenvalue weighted by molar-refractivity contribution is -0.250. The Labute approximate surface area is 117 Å². The largest absolute Gasteiger partial charge is 0.345 e. The first-order valence-electron chi connectivity index (χ1n) is 7.02. The number of carbonyl (C=O) groups is 1. The predicted molar refractivity (Wildman–Crippen MR) is 67.4 cm³/mol. The first-order valence-corrected chi connectivity index (χ1v) is 7.02. The van der Waals surface area contributed by atoms with Crippen LogP contribution in [-0.4, -0.2) is 54.0 Å². The summed E-state index contributed by atoms with van der Waals surface area (Å²) in [6.45, 7) is 8.16. The maximum Gasteiger partial charge on any atom is 0.256 e. The van der Waals surface area contributed by atoms with Crippen molar-refractivity contribution in [3.63, 3.8) is 0 Å². The zero-order valence-corrected chi connectivity index (χ0v) is 12.1. The summed E-state index contributed by atoms with van der Waals surface area (Å²) in [6, 6.07) is 0. The van der Waals surface area contributed by atoms with Gasteiger partial charge in [-0.3, -0.25) is 4.79 Å². The van der Waals surface area contributed by atoms with Crippen molar-refractivity contribution >= 4 is 5.91 Å². The van der Waals surface area contributed by atoms with E-state index in [1.807, 2.05) is 27.7 Å². The Bertz CT molecular complexity index is 510. The van der Waals surface area contributed by atoms with Crippen molar-refractivity contribution in [3.05, 3.63) is 11.1 Å². The number of carbonyl (C=O) groups excluding carboxylic acids is 1. The van der Waals surface area contributed by atoms with Crippen molar-refractivity contribution in [2.45, 2.75) is 64.3 Å². The van der Waals surface area contributed by atoms with Gasteiger partial charge in [-0.1, -0.05) is 5.57 Å². The molecule has 0 aliphatic carbocycles. The molecule has 6 nitrogen and oxygen atoms in total. The maximum absolute atomic E-state index is 12.0. The van der Waals surface area contributed by atoms with Gasteiger partial charge in [0.25, 0.3) is 5.91 Å². The zero-order chi connectivity index (χ0) is 14.2. The Morgan fingerprint density at radius 3 is 2.65 bits per heavy atom. The summed E-state index contributed by atoms with van der Waals surface area (Å²) >= 11 is 0. The molecule has 5 atom stereocenters. The minimum Gasteiger partial charge on any atom is -0.345 e. The molecular weight excluding hydrogens is 262 g/mol. The molecule has 4 saturated heterocycles. The van der Waals surface area contributed by atoms with E-state index in [-0.39, 0.29) is 30.4 Å². The van der Waals surface area contributed by atoms with Crippen LogP contribution in [0.2, 0.25) is 0 Å². The molecule has 6 heteroatoms. The molecule has 0 aromatic rings. The van der Waals surface area contributed by atoms with E-state index < -0.39 is 12.1 Å². The quantitative estimate of drug-likeness (QED) is 0.485. The van der Waals surface area contributed by atoms with Crippen LogP contribution >= 0.6 is 0 Å². The number of fused-ring (bicyclic) bond motifs is 4. The first kappa shape index (κ1) is 12.8. The molecule has 0 unspecified atom stereocenters. The van der Waals surface area contributed by atoms with Gasteiger partial charge in [0, 0.05) is 0 Å². The maximum atomic E-state index is 12.0. The molecule has 0 bridgehead atoms. The number of amides is 1. The lowest BCUT2D eigenvalue weighted by Crippen LogP contribution is -2.66. The smallest absolute Gasteiger partial charge is 0.256 e. The van der Waals surface area contributed by atoms with Crippen LogP contribution < -0.4 is 0 Å². The normalized spacial score (nSPS) is 44.8. The summed E-state index contributed by atoms with van der Waals surface area (Å²) in [7, 11) is 0. The highest BCUT2D eigenvalue weighted by molar-refractivity contribution is 6.02. The average Bonchev–Trinajstić information content (AvgIpc) is 2.79. The standard InChI is InChI=1S/C14H19NO5/c1-6(2)8-11(16)15-5-7-9(18-12(8)15)10-13(17-7)20-14(3,4)19-10/h7,9-10,12-13H,5H2,1-4H3/t7-,9+,10-,12+,13-/m1/s1. The number of allylic oxidation sites excluding steroid dienone is 1. The fourth-order valence-corrected chi connectivity index (χ4v) is 3.44. The van der Waals surface area contributed by atoms with Crippen LogP contribution in [0.25, 0.3) is 0 Å². The second kappa shape index (κ2) is 3.82. The monoisotopic (exact) mass is 281 g/mol. The number of β-lactam (4-membered cyclic amide) rings is 1. The van der Waals surface area contributed by atoms with Crippen molar-refractivity contribution in [3.8, 4) is 0 Å². The van der Waals surface area contributed by atoms with Crippen molar-refractivity contribution in [2.75, 3.05) is 6.54 Å². The van der Waals surface area contributed by atoms with Gasteiger partial charge >= 0.3 is 0 Å². The van der Waals surface area contributed by atoms with Crippen LogP contribution in [0.5, 0.6) is 0 Å². The van der Waals surface area contributed by atoms with Gasteiger partial charge in [0.05, 0.1) is 12.1 Å². The molecule has 4 rings (SSSR count). The molecule has 0 N–H and O–H groups in total. The van der Waals surface area contributed by atoms with Crippen LogP contribution in [0.15, 0.2) is 11.1 Å².